The molecule has 2 aromatic rings. The monoisotopic (exact) mass is 295 g/mol. The van der Waals surface area contributed by atoms with E-state index in [1.54, 1.807) is 4.68 Å². The number of ether oxygens (including phenoxy) is 1. The maximum Gasteiger partial charge on any atom is 0.243 e. The number of hydrogen-bond acceptors (Lipinski definition) is 5. The lowest BCUT2D eigenvalue weighted by Gasteiger charge is -2.09. The maximum absolute atomic E-state index is 6.15. The van der Waals surface area contributed by atoms with Gasteiger partial charge in [0, 0.05) is 13.1 Å². The molecule has 0 aliphatic rings. The second kappa shape index (κ2) is 7.09. The van der Waals surface area contributed by atoms with Crippen LogP contribution in [-0.2, 0) is 13.1 Å². The Labute approximate surface area is 123 Å². The molecule has 1 heterocycles. The first kappa shape index (κ1) is 14.6. The number of tetrazole rings is 1. The van der Waals surface area contributed by atoms with Gasteiger partial charge in [-0.15, -0.1) is 0 Å². The Balaban J connectivity index is 2.00. The van der Waals surface area contributed by atoms with Crippen LogP contribution in [0.1, 0.15) is 25.8 Å². The molecule has 2 rings (SSSR count). The van der Waals surface area contributed by atoms with Gasteiger partial charge in [0.1, 0.15) is 5.75 Å². The Kier molecular flexibility index (Phi) is 5.17. The smallest absolute Gasteiger partial charge is 0.243 e. The minimum absolute atomic E-state index is 0.600. The SMILES string of the molecule is CCCn1nnnc1NCc1ccc(OCC)c(Cl)c1. The van der Waals surface area contributed by atoms with Crippen LogP contribution in [0.25, 0.3) is 0 Å². The minimum atomic E-state index is 0.600. The van der Waals surface area contributed by atoms with Crippen molar-refractivity contribution in [1.82, 2.24) is 20.2 Å². The van der Waals surface area contributed by atoms with Crippen molar-refractivity contribution in [3.8, 4) is 5.75 Å². The number of aryl methyl sites for hydroxylation is 1. The van der Waals surface area contributed by atoms with E-state index in [1.807, 2.05) is 25.1 Å². The number of anilines is 1. The number of halogens is 1. The lowest BCUT2D eigenvalue weighted by atomic mass is 10.2. The summed E-state index contributed by atoms with van der Waals surface area (Å²) in [5.74, 6) is 1.37. The lowest BCUT2D eigenvalue weighted by molar-refractivity contribution is 0.340. The Bertz CT molecular complexity index is 557. The fourth-order valence-corrected chi connectivity index (χ4v) is 2.06. The van der Waals surface area contributed by atoms with Gasteiger partial charge in [0.15, 0.2) is 0 Å². The van der Waals surface area contributed by atoms with E-state index < -0.39 is 0 Å². The van der Waals surface area contributed by atoms with Crippen molar-refractivity contribution in [3.05, 3.63) is 28.8 Å². The van der Waals surface area contributed by atoms with Gasteiger partial charge in [0.05, 0.1) is 11.6 Å². The Morgan fingerprint density at radius 2 is 2.20 bits per heavy atom. The van der Waals surface area contributed by atoms with Gasteiger partial charge in [0.2, 0.25) is 5.95 Å². The molecule has 20 heavy (non-hydrogen) atoms. The molecule has 0 radical (unpaired) electrons. The molecule has 0 saturated heterocycles. The molecule has 1 aromatic carbocycles. The zero-order valence-electron chi connectivity index (χ0n) is 11.6. The van der Waals surface area contributed by atoms with Gasteiger partial charge in [-0.25, -0.2) is 4.68 Å². The van der Waals surface area contributed by atoms with Crippen LogP contribution in [-0.4, -0.2) is 26.8 Å². The van der Waals surface area contributed by atoms with Crippen LogP contribution in [0, 0.1) is 0 Å². The Morgan fingerprint density at radius 3 is 2.90 bits per heavy atom. The molecule has 0 unspecified atom stereocenters. The molecule has 0 saturated carbocycles. The van der Waals surface area contributed by atoms with Crippen molar-refractivity contribution in [1.29, 1.82) is 0 Å². The normalized spacial score (nSPS) is 10.6. The van der Waals surface area contributed by atoms with E-state index in [1.165, 1.54) is 0 Å². The highest BCUT2D eigenvalue weighted by Gasteiger charge is 2.06. The predicted octanol–water partition coefficient (Wildman–Crippen LogP) is 2.75. The summed E-state index contributed by atoms with van der Waals surface area (Å²) in [5, 5.41) is 15.3. The molecule has 0 atom stereocenters. The third-order valence-corrected chi connectivity index (χ3v) is 3.01. The van der Waals surface area contributed by atoms with Gasteiger partial charge in [-0.2, -0.15) is 0 Å². The molecule has 7 heteroatoms. The summed E-state index contributed by atoms with van der Waals surface area (Å²) in [5.41, 5.74) is 1.05. The van der Waals surface area contributed by atoms with Crippen molar-refractivity contribution >= 4 is 17.5 Å². The summed E-state index contributed by atoms with van der Waals surface area (Å²) in [6, 6.07) is 5.73. The second-order valence-electron chi connectivity index (χ2n) is 4.28. The summed E-state index contributed by atoms with van der Waals surface area (Å²) in [7, 11) is 0. The van der Waals surface area contributed by atoms with Crippen LogP contribution in [0.5, 0.6) is 5.75 Å². The first-order valence-corrected chi connectivity index (χ1v) is 7.03. The van der Waals surface area contributed by atoms with E-state index in [0.29, 0.717) is 29.9 Å². The molecule has 108 valence electrons. The van der Waals surface area contributed by atoms with Gasteiger partial charge in [-0.3, -0.25) is 0 Å². The zero-order chi connectivity index (χ0) is 14.4. The molecular formula is C13H18ClN5O. The average molecular weight is 296 g/mol. The third-order valence-electron chi connectivity index (χ3n) is 2.71. The maximum atomic E-state index is 6.15. The Morgan fingerprint density at radius 1 is 1.35 bits per heavy atom. The predicted molar refractivity (Wildman–Crippen MR) is 78.1 cm³/mol. The van der Waals surface area contributed by atoms with Crippen LogP contribution >= 0.6 is 11.6 Å². The summed E-state index contributed by atoms with van der Waals surface area (Å²) >= 11 is 6.15. The molecule has 0 spiro atoms. The van der Waals surface area contributed by atoms with Gasteiger partial charge >= 0.3 is 0 Å². The number of hydrogen-bond donors (Lipinski definition) is 1. The van der Waals surface area contributed by atoms with Crippen LogP contribution in [0.3, 0.4) is 0 Å². The number of nitrogens with zero attached hydrogens (tertiary/aromatic N) is 4. The van der Waals surface area contributed by atoms with Gasteiger partial charge in [0.25, 0.3) is 0 Å². The molecule has 0 fully saturated rings. The lowest BCUT2D eigenvalue weighted by Crippen LogP contribution is -2.08. The highest BCUT2D eigenvalue weighted by molar-refractivity contribution is 6.32. The van der Waals surface area contributed by atoms with E-state index in [2.05, 4.69) is 27.8 Å². The van der Waals surface area contributed by atoms with Crippen molar-refractivity contribution in [2.45, 2.75) is 33.4 Å². The van der Waals surface area contributed by atoms with E-state index in [-0.39, 0.29) is 0 Å². The Hall–Kier alpha value is -1.82. The first-order valence-electron chi connectivity index (χ1n) is 6.65. The fourth-order valence-electron chi connectivity index (χ4n) is 1.80. The number of benzene rings is 1. The average Bonchev–Trinajstić information content (AvgIpc) is 2.87. The zero-order valence-corrected chi connectivity index (χ0v) is 12.4. The standard InChI is InChI=1S/C13H18ClN5O/c1-3-7-19-13(16-17-18-19)15-9-10-5-6-12(20-4-2)11(14)8-10/h5-6,8H,3-4,7,9H2,1-2H3,(H,15,16,18). The van der Waals surface area contributed by atoms with Gasteiger partial charge < -0.3 is 10.1 Å². The minimum Gasteiger partial charge on any atom is -0.492 e. The number of nitrogens with one attached hydrogen (secondary N) is 1. The van der Waals surface area contributed by atoms with Crippen molar-refractivity contribution in [2.75, 3.05) is 11.9 Å². The van der Waals surface area contributed by atoms with Crippen LogP contribution in [0.2, 0.25) is 5.02 Å². The van der Waals surface area contributed by atoms with Crippen LogP contribution in [0.15, 0.2) is 18.2 Å². The first-order chi connectivity index (χ1) is 9.74. The molecule has 1 aromatic heterocycles. The van der Waals surface area contributed by atoms with Crippen LogP contribution in [0.4, 0.5) is 5.95 Å². The molecule has 1 N–H and O–H groups in total. The van der Waals surface area contributed by atoms with Gasteiger partial charge in [-0.1, -0.05) is 29.7 Å². The third kappa shape index (κ3) is 3.60. The van der Waals surface area contributed by atoms with E-state index in [0.717, 1.165) is 18.5 Å². The second-order valence-corrected chi connectivity index (χ2v) is 4.68. The molecule has 0 bridgehead atoms. The summed E-state index contributed by atoms with van der Waals surface area (Å²) < 4.78 is 7.15. The van der Waals surface area contributed by atoms with E-state index in [9.17, 15) is 0 Å². The highest BCUT2D eigenvalue weighted by atomic mass is 35.5. The number of aromatic nitrogens is 4. The fraction of sp³-hybridized carbons (Fsp3) is 0.462. The van der Waals surface area contributed by atoms with Gasteiger partial charge in [-0.05, 0) is 41.5 Å². The molecule has 0 amide bonds. The van der Waals surface area contributed by atoms with E-state index >= 15 is 0 Å². The largest absolute Gasteiger partial charge is 0.492 e. The molecular weight excluding hydrogens is 278 g/mol. The quantitative estimate of drug-likeness (QED) is 0.851. The summed E-state index contributed by atoms with van der Waals surface area (Å²) in [6.07, 6.45) is 0.981. The highest BCUT2D eigenvalue weighted by Crippen LogP contribution is 2.25. The topological polar surface area (TPSA) is 64.9 Å². The van der Waals surface area contributed by atoms with E-state index in [4.69, 9.17) is 16.3 Å². The van der Waals surface area contributed by atoms with Crippen molar-refractivity contribution in [2.24, 2.45) is 0 Å². The van der Waals surface area contributed by atoms with Crippen molar-refractivity contribution in [3.63, 3.8) is 0 Å². The van der Waals surface area contributed by atoms with Crippen LogP contribution < -0.4 is 10.1 Å². The summed E-state index contributed by atoms with van der Waals surface area (Å²) in [6.45, 7) is 6.01. The summed E-state index contributed by atoms with van der Waals surface area (Å²) in [4.78, 5) is 0. The molecule has 6 nitrogen and oxygen atoms in total. The molecule has 0 aliphatic carbocycles. The number of rotatable bonds is 7. The molecule has 0 aliphatic heterocycles. The van der Waals surface area contributed by atoms with Crippen molar-refractivity contribution < 1.29 is 4.74 Å².